The van der Waals surface area contributed by atoms with Gasteiger partial charge in [-0.25, -0.2) is 0 Å². The number of carboxylic acid groups (broad SMARTS) is 1. The van der Waals surface area contributed by atoms with Gasteiger partial charge in [0.05, 0.1) is 0 Å². The van der Waals surface area contributed by atoms with E-state index in [-0.39, 0.29) is 5.92 Å². The van der Waals surface area contributed by atoms with Crippen LogP contribution in [-0.2, 0) is 11.2 Å². The highest BCUT2D eigenvalue weighted by atomic mass is 16.4. The summed E-state index contributed by atoms with van der Waals surface area (Å²) in [4.78, 5) is 13.4. The monoisotopic (exact) mass is 219 g/mol. The fraction of sp³-hybridized carbons (Fsp3) is 0.364. The third-order valence-electron chi connectivity index (χ3n) is 2.37. The van der Waals surface area contributed by atoms with E-state index in [1.54, 1.807) is 6.92 Å². The van der Waals surface area contributed by atoms with Crippen molar-refractivity contribution in [3.63, 3.8) is 0 Å². The molecule has 0 aromatic heterocycles. The Labute approximate surface area is 93.3 Å². The summed E-state index contributed by atoms with van der Waals surface area (Å²) in [6.45, 7) is 1.76. The first-order valence-corrected chi connectivity index (χ1v) is 4.96. The lowest BCUT2D eigenvalue weighted by Gasteiger charge is -2.15. The first-order valence-electron chi connectivity index (χ1n) is 4.96. The fourth-order valence-electron chi connectivity index (χ4n) is 1.56. The third kappa shape index (κ3) is 3.29. The minimum absolute atomic E-state index is 0.226. The molecule has 16 heavy (non-hydrogen) atoms. The third-order valence-corrected chi connectivity index (χ3v) is 2.37. The summed E-state index contributed by atoms with van der Waals surface area (Å²) < 4.78 is 0. The van der Waals surface area contributed by atoms with Crippen LogP contribution in [0.5, 0.6) is 0 Å². The average molecular weight is 219 g/mol. The van der Waals surface area contributed by atoms with Crippen molar-refractivity contribution in [1.29, 1.82) is 0 Å². The molecule has 1 aromatic carbocycles. The Kier molecular flexibility index (Phi) is 4.36. The first kappa shape index (κ1) is 12.1. The molecule has 0 spiro atoms. The van der Waals surface area contributed by atoms with E-state index in [0.717, 1.165) is 5.56 Å². The summed E-state index contributed by atoms with van der Waals surface area (Å²) in [5.74, 6) is -1.31. The molecule has 0 aliphatic rings. The number of azide groups is 1. The van der Waals surface area contributed by atoms with E-state index < -0.39 is 12.0 Å². The molecule has 0 aliphatic carbocycles. The smallest absolute Gasteiger partial charge is 0.312 e. The molecule has 0 bridgehead atoms. The van der Waals surface area contributed by atoms with Crippen LogP contribution < -0.4 is 0 Å². The van der Waals surface area contributed by atoms with Crippen molar-refractivity contribution >= 4 is 5.97 Å². The van der Waals surface area contributed by atoms with Gasteiger partial charge in [-0.3, -0.25) is 4.79 Å². The van der Waals surface area contributed by atoms with Gasteiger partial charge >= 0.3 is 5.97 Å². The molecule has 0 amide bonds. The molecular weight excluding hydrogens is 206 g/mol. The van der Waals surface area contributed by atoms with E-state index in [1.807, 2.05) is 30.3 Å². The molecule has 0 saturated carbocycles. The zero-order chi connectivity index (χ0) is 12.0. The zero-order valence-electron chi connectivity index (χ0n) is 8.95. The first-order chi connectivity index (χ1) is 7.65. The second kappa shape index (κ2) is 5.78. The molecule has 1 aromatic rings. The summed E-state index contributed by atoms with van der Waals surface area (Å²) in [5.41, 5.74) is 9.33. The SMILES string of the molecule is C[C@H](Cc1ccccc1)[C@H](N=[N+]=[N-])C(=O)O. The Hall–Kier alpha value is -2.00. The molecule has 0 fully saturated rings. The van der Waals surface area contributed by atoms with Crippen molar-refractivity contribution in [3.05, 3.63) is 46.3 Å². The molecule has 0 heterocycles. The summed E-state index contributed by atoms with van der Waals surface area (Å²) in [7, 11) is 0. The van der Waals surface area contributed by atoms with Gasteiger partial charge in [-0.1, -0.05) is 42.4 Å². The van der Waals surface area contributed by atoms with Crippen LogP contribution in [-0.4, -0.2) is 17.1 Å². The normalized spacial score (nSPS) is 13.6. The second-order valence-corrected chi connectivity index (χ2v) is 3.65. The van der Waals surface area contributed by atoms with Gasteiger partial charge in [0, 0.05) is 4.91 Å². The molecule has 2 atom stereocenters. The Balaban J connectivity index is 2.73. The predicted molar refractivity (Wildman–Crippen MR) is 59.9 cm³/mol. The van der Waals surface area contributed by atoms with Gasteiger partial charge in [0.25, 0.3) is 0 Å². The summed E-state index contributed by atoms with van der Waals surface area (Å²) in [5, 5.41) is 12.2. The Morgan fingerprint density at radius 3 is 2.62 bits per heavy atom. The molecule has 84 valence electrons. The van der Waals surface area contributed by atoms with Gasteiger partial charge in [0.2, 0.25) is 0 Å². The van der Waals surface area contributed by atoms with E-state index in [2.05, 4.69) is 10.0 Å². The van der Waals surface area contributed by atoms with Crippen molar-refractivity contribution in [2.24, 2.45) is 11.0 Å². The van der Waals surface area contributed by atoms with Crippen LogP contribution in [0, 0.1) is 5.92 Å². The zero-order valence-corrected chi connectivity index (χ0v) is 8.95. The number of hydrogen-bond acceptors (Lipinski definition) is 2. The highest BCUT2D eigenvalue weighted by molar-refractivity contribution is 5.74. The van der Waals surface area contributed by atoms with Crippen LogP contribution in [0.1, 0.15) is 12.5 Å². The maximum Gasteiger partial charge on any atom is 0.312 e. The number of rotatable bonds is 5. The molecule has 1 N–H and O–H groups in total. The van der Waals surface area contributed by atoms with Crippen LogP contribution in [0.15, 0.2) is 35.4 Å². The number of hydrogen-bond donors (Lipinski definition) is 1. The summed E-state index contributed by atoms with van der Waals surface area (Å²) in [6.07, 6.45) is 0.580. The van der Waals surface area contributed by atoms with Crippen molar-refractivity contribution in [2.45, 2.75) is 19.4 Å². The largest absolute Gasteiger partial charge is 0.481 e. The van der Waals surface area contributed by atoms with Crippen LogP contribution in [0.2, 0.25) is 0 Å². The molecular formula is C11H13N3O2. The van der Waals surface area contributed by atoms with Crippen LogP contribution >= 0.6 is 0 Å². The van der Waals surface area contributed by atoms with Gasteiger partial charge in [-0.05, 0) is 23.4 Å². The van der Waals surface area contributed by atoms with Gasteiger partial charge in [0.1, 0.15) is 6.04 Å². The highest BCUT2D eigenvalue weighted by Gasteiger charge is 2.23. The van der Waals surface area contributed by atoms with Gasteiger partial charge in [-0.2, -0.15) is 0 Å². The number of aliphatic carboxylic acids is 1. The molecule has 5 heteroatoms. The maximum absolute atomic E-state index is 10.9. The average Bonchev–Trinajstić information content (AvgIpc) is 2.26. The summed E-state index contributed by atoms with van der Waals surface area (Å²) in [6, 6.07) is 8.52. The Bertz CT molecular complexity index is 397. The number of carboxylic acids is 1. The highest BCUT2D eigenvalue weighted by Crippen LogP contribution is 2.15. The van der Waals surface area contributed by atoms with Crippen molar-refractivity contribution < 1.29 is 9.90 Å². The topological polar surface area (TPSA) is 86.1 Å². The Morgan fingerprint density at radius 2 is 2.12 bits per heavy atom. The maximum atomic E-state index is 10.9. The number of benzene rings is 1. The van der Waals surface area contributed by atoms with Crippen molar-refractivity contribution in [2.75, 3.05) is 0 Å². The minimum atomic E-state index is -1.08. The quantitative estimate of drug-likeness (QED) is 0.468. The number of nitrogens with zero attached hydrogens (tertiary/aromatic N) is 3. The van der Waals surface area contributed by atoms with Crippen molar-refractivity contribution in [1.82, 2.24) is 0 Å². The van der Waals surface area contributed by atoms with Crippen LogP contribution in [0.3, 0.4) is 0 Å². The van der Waals surface area contributed by atoms with Gasteiger partial charge in [-0.15, -0.1) is 0 Å². The van der Waals surface area contributed by atoms with Gasteiger partial charge < -0.3 is 5.11 Å². The lowest BCUT2D eigenvalue weighted by molar-refractivity contribution is -0.139. The minimum Gasteiger partial charge on any atom is -0.481 e. The molecule has 0 radical (unpaired) electrons. The van der Waals surface area contributed by atoms with Crippen LogP contribution in [0.25, 0.3) is 10.4 Å². The van der Waals surface area contributed by atoms with E-state index in [4.69, 9.17) is 10.6 Å². The molecule has 0 unspecified atom stereocenters. The molecule has 1 rings (SSSR count). The molecule has 0 saturated heterocycles. The summed E-state index contributed by atoms with van der Waals surface area (Å²) >= 11 is 0. The second-order valence-electron chi connectivity index (χ2n) is 3.65. The standard InChI is InChI=1S/C11H13N3O2/c1-8(10(11(15)16)13-14-12)7-9-5-3-2-4-6-9/h2-6,8,10H,7H2,1H3,(H,15,16)/t8-,10+/m1/s1. The lowest BCUT2D eigenvalue weighted by atomic mass is 9.94. The number of carbonyl (C=O) groups is 1. The van der Waals surface area contributed by atoms with E-state index in [0.29, 0.717) is 6.42 Å². The predicted octanol–water partition coefficient (Wildman–Crippen LogP) is 2.63. The van der Waals surface area contributed by atoms with E-state index in [1.165, 1.54) is 0 Å². The lowest BCUT2D eigenvalue weighted by Crippen LogP contribution is -2.26. The van der Waals surface area contributed by atoms with E-state index in [9.17, 15) is 4.79 Å². The molecule has 5 nitrogen and oxygen atoms in total. The molecule has 0 aliphatic heterocycles. The van der Waals surface area contributed by atoms with Crippen LogP contribution in [0.4, 0.5) is 0 Å². The fourth-order valence-corrected chi connectivity index (χ4v) is 1.56. The van der Waals surface area contributed by atoms with Gasteiger partial charge in [0.15, 0.2) is 0 Å². The van der Waals surface area contributed by atoms with E-state index >= 15 is 0 Å². The van der Waals surface area contributed by atoms with Crippen molar-refractivity contribution in [3.8, 4) is 0 Å². The Morgan fingerprint density at radius 1 is 1.50 bits per heavy atom.